The number of aromatic nitrogens is 2. The first-order chi connectivity index (χ1) is 13.9. The van der Waals surface area contributed by atoms with Gasteiger partial charge in [-0.15, -0.1) is 0 Å². The van der Waals surface area contributed by atoms with Crippen molar-refractivity contribution in [2.24, 2.45) is 0 Å². The first kappa shape index (κ1) is 20.1. The molecule has 0 spiro atoms. The number of halogens is 1. The topological polar surface area (TPSA) is 107 Å². The molecule has 0 unspecified atom stereocenters. The SMILES string of the molecule is CCCCCn1nc(C(=O)Nc2ccc(F)c([N+](=O)[O-])c2)c2ccccc2c1=O. The van der Waals surface area contributed by atoms with Gasteiger partial charge in [0.25, 0.3) is 11.5 Å². The number of amides is 1. The number of nitrogens with zero attached hydrogens (tertiary/aromatic N) is 3. The molecule has 0 fully saturated rings. The van der Waals surface area contributed by atoms with Crippen molar-refractivity contribution in [3.8, 4) is 0 Å². The van der Waals surface area contributed by atoms with Gasteiger partial charge in [0.2, 0.25) is 5.82 Å². The monoisotopic (exact) mass is 398 g/mol. The lowest BCUT2D eigenvalue weighted by Crippen LogP contribution is -2.27. The van der Waals surface area contributed by atoms with Crippen molar-refractivity contribution in [2.75, 3.05) is 5.32 Å². The Labute approximate surface area is 165 Å². The third kappa shape index (κ3) is 4.29. The molecule has 2 aromatic carbocycles. The average Bonchev–Trinajstić information content (AvgIpc) is 2.71. The van der Waals surface area contributed by atoms with E-state index >= 15 is 0 Å². The summed E-state index contributed by atoms with van der Waals surface area (Å²) in [5.74, 6) is -1.65. The van der Waals surface area contributed by atoms with Crippen LogP contribution in [0.2, 0.25) is 0 Å². The van der Waals surface area contributed by atoms with E-state index in [-0.39, 0.29) is 16.9 Å². The summed E-state index contributed by atoms with van der Waals surface area (Å²) in [4.78, 5) is 35.5. The standard InChI is InChI=1S/C20H19FN4O4/c1-2-3-6-11-24-20(27)15-8-5-4-7-14(15)18(23-24)19(26)22-13-9-10-16(21)17(12-13)25(28)29/h4-5,7-10,12H,2-3,6,11H2,1H3,(H,22,26). The Balaban J connectivity index is 2.01. The molecule has 1 heterocycles. The largest absolute Gasteiger partial charge is 0.320 e. The smallest absolute Gasteiger partial charge is 0.306 e. The average molecular weight is 398 g/mol. The van der Waals surface area contributed by atoms with Gasteiger partial charge in [-0.1, -0.05) is 38.0 Å². The molecule has 0 radical (unpaired) electrons. The molecule has 1 N–H and O–H groups in total. The van der Waals surface area contributed by atoms with Gasteiger partial charge in [0.1, 0.15) is 0 Å². The maximum atomic E-state index is 13.5. The number of unbranched alkanes of at least 4 members (excludes halogenated alkanes) is 2. The van der Waals surface area contributed by atoms with Crippen LogP contribution in [0.1, 0.15) is 36.7 Å². The van der Waals surface area contributed by atoms with Gasteiger partial charge < -0.3 is 5.32 Å². The molecule has 3 rings (SSSR count). The number of carbonyl (C=O) groups excluding carboxylic acids is 1. The van der Waals surface area contributed by atoms with E-state index in [9.17, 15) is 24.1 Å². The third-order valence-electron chi connectivity index (χ3n) is 4.46. The summed E-state index contributed by atoms with van der Waals surface area (Å²) in [6.45, 7) is 2.41. The number of rotatable bonds is 7. The molecule has 1 amide bonds. The molecule has 0 saturated heterocycles. The van der Waals surface area contributed by atoms with Crippen molar-refractivity contribution in [1.82, 2.24) is 9.78 Å². The van der Waals surface area contributed by atoms with Crippen LogP contribution < -0.4 is 10.9 Å². The molecule has 0 bridgehead atoms. The molecule has 0 aliphatic rings. The second-order valence-electron chi connectivity index (χ2n) is 6.51. The van der Waals surface area contributed by atoms with Crippen LogP contribution in [0.5, 0.6) is 0 Å². The number of nitro benzene ring substituents is 1. The fourth-order valence-corrected chi connectivity index (χ4v) is 2.99. The number of hydrogen-bond acceptors (Lipinski definition) is 5. The second-order valence-corrected chi connectivity index (χ2v) is 6.51. The van der Waals surface area contributed by atoms with E-state index in [0.717, 1.165) is 31.4 Å². The van der Waals surface area contributed by atoms with Crippen LogP contribution in [0, 0.1) is 15.9 Å². The van der Waals surface area contributed by atoms with Crippen molar-refractivity contribution < 1.29 is 14.1 Å². The highest BCUT2D eigenvalue weighted by Crippen LogP contribution is 2.22. The Morgan fingerprint density at radius 1 is 1.21 bits per heavy atom. The van der Waals surface area contributed by atoms with E-state index in [1.165, 1.54) is 10.7 Å². The molecule has 0 aliphatic heterocycles. The highest BCUT2D eigenvalue weighted by atomic mass is 19.1. The van der Waals surface area contributed by atoms with E-state index in [1.807, 2.05) is 6.92 Å². The number of nitro groups is 1. The van der Waals surface area contributed by atoms with Crippen molar-refractivity contribution in [3.63, 3.8) is 0 Å². The summed E-state index contributed by atoms with van der Waals surface area (Å²) in [5.41, 5.74) is -0.961. The molecule has 1 aromatic heterocycles. The van der Waals surface area contributed by atoms with Crippen LogP contribution >= 0.6 is 0 Å². The van der Waals surface area contributed by atoms with Crippen LogP contribution in [-0.4, -0.2) is 20.6 Å². The van der Waals surface area contributed by atoms with Crippen molar-refractivity contribution in [3.05, 3.63) is 74.4 Å². The van der Waals surface area contributed by atoms with E-state index in [0.29, 0.717) is 17.3 Å². The summed E-state index contributed by atoms with van der Waals surface area (Å²) in [7, 11) is 0. The van der Waals surface area contributed by atoms with Crippen LogP contribution in [0.15, 0.2) is 47.3 Å². The van der Waals surface area contributed by atoms with E-state index in [2.05, 4.69) is 10.4 Å². The number of benzene rings is 2. The second kappa shape index (κ2) is 8.59. The van der Waals surface area contributed by atoms with E-state index in [1.54, 1.807) is 24.3 Å². The fourth-order valence-electron chi connectivity index (χ4n) is 2.99. The number of anilines is 1. The minimum absolute atomic E-state index is 0.0173. The number of nitrogens with one attached hydrogen (secondary N) is 1. The number of fused-ring (bicyclic) bond motifs is 1. The van der Waals surface area contributed by atoms with Crippen molar-refractivity contribution in [2.45, 2.75) is 32.7 Å². The first-order valence-corrected chi connectivity index (χ1v) is 9.17. The molecule has 9 heteroatoms. The Bertz CT molecular complexity index is 1140. The Hall–Kier alpha value is -3.62. The van der Waals surface area contributed by atoms with Crippen LogP contribution in [0.3, 0.4) is 0 Å². The minimum atomic E-state index is -0.999. The Kier molecular flexibility index (Phi) is 5.96. The molecule has 0 saturated carbocycles. The molecular formula is C20H19FN4O4. The maximum absolute atomic E-state index is 13.5. The Morgan fingerprint density at radius 3 is 2.62 bits per heavy atom. The molecular weight excluding hydrogens is 379 g/mol. The van der Waals surface area contributed by atoms with Crippen LogP contribution in [-0.2, 0) is 6.54 Å². The number of carbonyl (C=O) groups is 1. The minimum Gasteiger partial charge on any atom is -0.320 e. The fraction of sp³-hybridized carbons (Fsp3) is 0.250. The lowest BCUT2D eigenvalue weighted by atomic mass is 10.1. The molecule has 29 heavy (non-hydrogen) atoms. The zero-order valence-electron chi connectivity index (χ0n) is 15.7. The number of aryl methyl sites for hydroxylation is 1. The van der Waals surface area contributed by atoms with Gasteiger partial charge in [0, 0.05) is 23.7 Å². The normalized spacial score (nSPS) is 10.8. The quantitative estimate of drug-likeness (QED) is 0.369. The van der Waals surface area contributed by atoms with E-state index in [4.69, 9.17) is 0 Å². The lowest BCUT2D eigenvalue weighted by molar-refractivity contribution is -0.387. The highest BCUT2D eigenvalue weighted by Gasteiger charge is 2.19. The first-order valence-electron chi connectivity index (χ1n) is 9.17. The summed E-state index contributed by atoms with van der Waals surface area (Å²) in [6, 6.07) is 9.68. The predicted molar refractivity (Wildman–Crippen MR) is 107 cm³/mol. The van der Waals surface area contributed by atoms with Gasteiger partial charge in [-0.2, -0.15) is 9.49 Å². The molecule has 0 atom stereocenters. The molecule has 8 nitrogen and oxygen atoms in total. The summed E-state index contributed by atoms with van der Waals surface area (Å²) in [5, 5.41) is 18.4. The zero-order valence-corrected chi connectivity index (χ0v) is 15.7. The van der Waals surface area contributed by atoms with Gasteiger partial charge in [0.15, 0.2) is 5.69 Å². The van der Waals surface area contributed by atoms with Crippen molar-refractivity contribution in [1.29, 1.82) is 0 Å². The van der Waals surface area contributed by atoms with E-state index < -0.39 is 22.3 Å². The zero-order chi connectivity index (χ0) is 21.0. The van der Waals surface area contributed by atoms with Crippen LogP contribution in [0.4, 0.5) is 15.8 Å². The van der Waals surface area contributed by atoms with Crippen molar-refractivity contribution >= 4 is 28.1 Å². The summed E-state index contributed by atoms with van der Waals surface area (Å²) >= 11 is 0. The number of hydrogen-bond donors (Lipinski definition) is 1. The summed E-state index contributed by atoms with van der Waals surface area (Å²) in [6.07, 6.45) is 2.63. The Morgan fingerprint density at radius 2 is 1.93 bits per heavy atom. The van der Waals surface area contributed by atoms with Gasteiger partial charge in [-0.3, -0.25) is 19.7 Å². The highest BCUT2D eigenvalue weighted by molar-refractivity contribution is 6.11. The third-order valence-corrected chi connectivity index (χ3v) is 4.46. The summed E-state index contributed by atoms with van der Waals surface area (Å²) < 4.78 is 14.8. The maximum Gasteiger partial charge on any atom is 0.306 e. The van der Waals surface area contributed by atoms with Crippen LogP contribution in [0.25, 0.3) is 10.8 Å². The van der Waals surface area contributed by atoms with Gasteiger partial charge in [-0.05, 0) is 24.6 Å². The van der Waals surface area contributed by atoms with Gasteiger partial charge in [-0.25, -0.2) is 4.68 Å². The van der Waals surface area contributed by atoms with Gasteiger partial charge in [0.05, 0.1) is 10.3 Å². The predicted octanol–water partition coefficient (Wildman–Crippen LogP) is 3.89. The lowest BCUT2D eigenvalue weighted by Gasteiger charge is -2.11. The molecule has 3 aromatic rings. The molecule has 0 aliphatic carbocycles. The molecule has 150 valence electrons. The van der Waals surface area contributed by atoms with Gasteiger partial charge >= 0.3 is 5.69 Å².